The Morgan fingerprint density at radius 2 is 1.43 bits per heavy atom. The molecule has 0 radical (unpaired) electrons. The molecule has 0 aromatic heterocycles. The third-order valence-corrected chi connectivity index (χ3v) is 5.85. The highest BCUT2D eigenvalue weighted by Crippen LogP contribution is 2.25. The van der Waals surface area contributed by atoms with E-state index in [1.807, 2.05) is 0 Å². The zero-order valence-electron chi connectivity index (χ0n) is 24.3. The number of benzene rings is 3. The van der Waals surface area contributed by atoms with E-state index in [1.54, 1.807) is 85.2 Å². The van der Waals surface area contributed by atoms with Crippen molar-refractivity contribution in [2.24, 2.45) is 5.84 Å². The maximum absolute atomic E-state index is 12.6. The van der Waals surface area contributed by atoms with Crippen LogP contribution in [0.2, 0.25) is 0 Å². The first kappa shape index (κ1) is 33.2. The van der Waals surface area contributed by atoms with E-state index in [1.165, 1.54) is 11.2 Å². The molecular weight excluding hydrogens is 566 g/mol. The number of ether oxygens (including phenoxy) is 5. The first-order valence-corrected chi connectivity index (χ1v) is 13.8. The molecule has 0 saturated carbocycles. The van der Waals surface area contributed by atoms with Gasteiger partial charge in [-0.3, -0.25) is 0 Å². The molecule has 3 aromatic carbocycles. The molecule has 44 heavy (non-hydrogen) atoms. The topological polar surface area (TPSA) is 142 Å². The second kappa shape index (κ2) is 18.3. The fourth-order valence-corrected chi connectivity index (χ4v) is 3.54. The van der Waals surface area contributed by atoms with Gasteiger partial charge in [-0.1, -0.05) is 13.2 Å². The van der Waals surface area contributed by atoms with Gasteiger partial charge >= 0.3 is 11.9 Å². The zero-order chi connectivity index (χ0) is 31.6. The maximum atomic E-state index is 12.6. The van der Waals surface area contributed by atoms with Crippen molar-refractivity contribution in [2.75, 3.05) is 26.4 Å². The van der Waals surface area contributed by atoms with Crippen molar-refractivity contribution < 1.29 is 38.4 Å². The molecule has 0 aliphatic rings. The number of carbonyl (C=O) groups excluding carboxylic acids is 2. The monoisotopic (exact) mass is 603 g/mol. The molecule has 0 bridgehead atoms. The first-order chi connectivity index (χ1) is 21.4. The third kappa shape index (κ3) is 11.9. The largest absolute Gasteiger partial charge is 0.494 e. The van der Waals surface area contributed by atoms with Gasteiger partial charge < -0.3 is 39.1 Å². The highest BCUT2D eigenvalue weighted by Gasteiger charge is 2.12. The van der Waals surface area contributed by atoms with Crippen molar-refractivity contribution in [3.8, 4) is 23.0 Å². The summed E-state index contributed by atoms with van der Waals surface area (Å²) in [5.41, 5.74) is 0.892. The van der Waals surface area contributed by atoms with Gasteiger partial charge in [-0.15, -0.1) is 0 Å². The molecule has 0 fully saturated rings. The number of hydrazine groups is 1. The van der Waals surface area contributed by atoms with Crippen LogP contribution in [0.25, 0.3) is 0 Å². The Labute approximate surface area is 256 Å². The standard InChI is InChI=1S/C33H37N3O8/c1-3-31(37)42-23-6-5-22-40-27-11-7-25(8-12-27)32(38)43-29-15-17-30(18-16-29)44-33(39)26-9-13-28(14-10-26)41-24-21-36(34)20-19-35-4-2/h3-4,7-20,33,35,39H,1-2,5-6,21-24,34H2. The van der Waals surface area contributed by atoms with E-state index in [0.717, 1.165) is 6.08 Å². The van der Waals surface area contributed by atoms with Crippen molar-refractivity contribution in [3.05, 3.63) is 122 Å². The summed E-state index contributed by atoms with van der Waals surface area (Å²) in [7, 11) is 0. The average Bonchev–Trinajstić information content (AvgIpc) is 3.04. The Morgan fingerprint density at radius 3 is 2.09 bits per heavy atom. The second-order valence-electron chi connectivity index (χ2n) is 9.12. The molecule has 232 valence electrons. The van der Waals surface area contributed by atoms with Crippen molar-refractivity contribution in [2.45, 2.75) is 19.1 Å². The summed E-state index contributed by atoms with van der Waals surface area (Å²) in [5.74, 6) is 6.78. The smallest absolute Gasteiger partial charge is 0.343 e. The van der Waals surface area contributed by atoms with Crippen LogP contribution in [-0.4, -0.2) is 48.4 Å². The van der Waals surface area contributed by atoms with E-state index in [2.05, 4.69) is 18.5 Å². The number of hydrogen-bond donors (Lipinski definition) is 3. The summed E-state index contributed by atoms with van der Waals surface area (Å²) in [6, 6.07) is 19.8. The lowest BCUT2D eigenvalue weighted by molar-refractivity contribution is -0.137. The van der Waals surface area contributed by atoms with Gasteiger partial charge in [-0.05, 0) is 91.8 Å². The number of nitrogens with zero attached hydrogens (tertiary/aromatic N) is 1. The SMILES string of the molecule is C=CNC=CN(N)CCOc1ccc(C(O)Oc2ccc(OC(=O)c3ccc(OCCCCOC(=O)C=C)cc3)cc2)cc1. The highest BCUT2D eigenvalue weighted by atomic mass is 16.6. The van der Waals surface area contributed by atoms with Crippen LogP contribution in [0, 0.1) is 0 Å². The Balaban J connectivity index is 1.39. The molecule has 11 heteroatoms. The Hall–Kier alpha value is -5.26. The number of unbranched alkanes of at least 4 members (excludes halogenated alkanes) is 1. The van der Waals surface area contributed by atoms with Crippen LogP contribution in [-0.2, 0) is 9.53 Å². The van der Waals surface area contributed by atoms with Gasteiger partial charge in [0.2, 0.25) is 6.29 Å². The summed E-state index contributed by atoms with van der Waals surface area (Å²) in [6.07, 6.45) is 6.13. The summed E-state index contributed by atoms with van der Waals surface area (Å²) in [4.78, 5) is 23.6. The van der Waals surface area contributed by atoms with Crippen molar-refractivity contribution in [1.29, 1.82) is 0 Å². The molecule has 3 aromatic rings. The average molecular weight is 604 g/mol. The predicted molar refractivity (Wildman–Crippen MR) is 165 cm³/mol. The number of carbonyl (C=O) groups is 2. The fraction of sp³-hybridized carbons (Fsp3) is 0.212. The quantitative estimate of drug-likeness (QED) is 0.0336. The van der Waals surface area contributed by atoms with Crippen LogP contribution in [0.1, 0.15) is 35.1 Å². The van der Waals surface area contributed by atoms with E-state index in [-0.39, 0.29) is 0 Å². The lowest BCUT2D eigenvalue weighted by Crippen LogP contribution is -2.30. The van der Waals surface area contributed by atoms with Crippen molar-refractivity contribution in [3.63, 3.8) is 0 Å². The number of rotatable bonds is 19. The summed E-state index contributed by atoms with van der Waals surface area (Å²) in [5, 5.41) is 14.8. The number of hydrogen-bond acceptors (Lipinski definition) is 11. The molecule has 0 heterocycles. The van der Waals surface area contributed by atoms with Crippen molar-refractivity contribution >= 4 is 11.9 Å². The van der Waals surface area contributed by atoms with Gasteiger partial charge in [0, 0.05) is 24.0 Å². The molecule has 3 rings (SSSR count). The molecule has 1 unspecified atom stereocenters. The first-order valence-electron chi connectivity index (χ1n) is 13.8. The number of nitrogens with one attached hydrogen (secondary N) is 1. The van der Waals surface area contributed by atoms with Gasteiger partial charge in [-0.2, -0.15) is 0 Å². The summed E-state index contributed by atoms with van der Waals surface area (Å²) >= 11 is 0. The van der Waals surface area contributed by atoms with E-state index in [4.69, 9.17) is 29.5 Å². The van der Waals surface area contributed by atoms with Crippen LogP contribution in [0.4, 0.5) is 0 Å². The molecule has 0 saturated heterocycles. The van der Waals surface area contributed by atoms with E-state index >= 15 is 0 Å². The Kier molecular flexibility index (Phi) is 13.8. The van der Waals surface area contributed by atoms with Gasteiger partial charge in [-0.25, -0.2) is 15.4 Å². The molecule has 4 N–H and O–H groups in total. The van der Waals surface area contributed by atoms with Crippen LogP contribution >= 0.6 is 0 Å². The van der Waals surface area contributed by atoms with Gasteiger partial charge in [0.05, 0.1) is 25.3 Å². The summed E-state index contributed by atoms with van der Waals surface area (Å²) in [6.45, 7) is 8.47. The van der Waals surface area contributed by atoms with Crippen LogP contribution in [0.5, 0.6) is 23.0 Å². The fourth-order valence-electron chi connectivity index (χ4n) is 3.54. The molecule has 1 atom stereocenters. The third-order valence-electron chi connectivity index (χ3n) is 5.85. The lowest BCUT2D eigenvalue weighted by Gasteiger charge is -2.16. The lowest BCUT2D eigenvalue weighted by atomic mass is 10.2. The molecule has 11 nitrogen and oxygen atoms in total. The number of aliphatic hydroxyl groups excluding tert-OH is 1. The zero-order valence-corrected chi connectivity index (χ0v) is 24.3. The van der Waals surface area contributed by atoms with Gasteiger partial charge in [0.25, 0.3) is 0 Å². The second-order valence-corrected chi connectivity index (χ2v) is 9.12. The van der Waals surface area contributed by atoms with Gasteiger partial charge in [0.1, 0.15) is 29.6 Å². The van der Waals surface area contributed by atoms with Crippen LogP contribution < -0.4 is 30.1 Å². The summed E-state index contributed by atoms with van der Waals surface area (Å²) < 4.78 is 27.3. The number of esters is 2. The Bertz CT molecular complexity index is 1360. The molecule has 0 aliphatic heterocycles. The molecule has 0 amide bonds. The highest BCUT2D eigenvalue weighted by molar-refractivity contribution is 5.91. The number of aliphatic hydroxyl groups is 1. The minimum Gasteiger partial charge on any atom is -0.494 e. The minimum absolute atomic E-state index is 0.306. The molecule has 0 aliphatic carbocycles. The number of nitrogens with two attached hydrogens (primary N) is 1. The molecular formula is C33H37N3O8. The minimum atomic E-state index is -1.21. The van der Waals surface area contributed by atoms with E-state index in [0.29, 0.717) is 73.3 Å². The Morgan fingerprint density at radius 1 is 0.841 bits per heavy atom. The van der Waals surface area contributed by atoms with E-state index < -0.39 is 18.2 Å². The van der Waals surface area contributed by atoms with Crippen LogP contribution in [0.3, 0.4) is 0 Å². The maximum Gasteiger partial charge on any atom is 0.343 e. The van der Waals surface area contributed by atoms with Crippen LogP contribution in [0.15, 0.2) is 111 Å². The predicted octanol–water partition coefficient (Wildman–Crippen LogP) is 4.62. The molecule has 0 spiro atoms. The van der Waals surface area contributed by atoms with Gasteiger partial charge in [0.15, 0.2) is 0 Å². The van der Waals surface area contributed by atoms with Crippen molar-refractivity contribution in [1.82, 2.24) is 10.3 Å². The van der Waals surface area contributed by atoms with E-state index in [9.17, 15) is 14.7 Å². The normalized spacial score (nSPS) is 11.2.